The number of hydrogen-bond acceptors (Lipinski definition) is 4. The molecule has 1 amide bonds. The third-order valence-electron chi connectivity index (χ3n) is 2.41. The van der Waals surface area contributed by atoms with E-state index in [2.05, 4.69) is 20.9 Å². The lowest BCUT2D eigenvalue weighted by Gasteiger charge is -2.14. The van der Waals surface area contributed by atoms with Crippen LogP contribution in [0.25, 0.3) is 0 Å². The minimum atomic E-state index is 0.0265. The van der Waals surface area contributed by atoms with Gasteiger partial charge in [-0.3, -0.25) is 14.5 Å². The summed E-state index contributed by atoms with van der Waals surface area (Å²) < 4.78 is 0.877. The van der Waals surface area contributed by atoms with E-state index in [1.165, 1.54) is 18.7 Å². The molecule has 2 rings (SSSR count). The van der Waals surface area contributed by atoms with Crippen LogP contribution in [0.3, 0.4) is 0 Å². The van der Waals surface area contributed by atoms with Crippen LogP contribution in [0.2, 0.25) is 0 Å². The Morgan fingerprint density at radius 3 is 2.94 bits per heavy atom. The molecule has 1 fully saturated rings. The van der Waals surface area contributed by atoms with Gasteiger partial charge in [-0.05, 0) is 28.1 Å². The minimum Gasteiger partial charge on any atom is -0.296 e. The van der Waals surface area contributed by atoms with Crippen molar-refractivity contribution < 1.29 is 9.59 Å². The van der Waals surface area contributed by atoms with Crippen LogP contribution in [-0.2, 0) is 9.59 Å². The molecule has 0 bridgehead atoms. The van der Waals surface area contributed by atoms with E-state index >= 15 is 0 Å². The van der Waals surface area contributed by atoms with Crippen LogP contribution < -0.4 is 4.90 Å². The van der Waals surface area contributed by atoms with Gasteiger partial charge in [0.25, 0.3) is 0 Å². The van der Waals surface area contributed by atoms with Gasteiger partial charge < -0.3 is 0 Å². The molecule has 0 spiro atoms. The number of anilines is 1. The predicted molar refractivity (Wildman–Crippen MR) is 71.0 cm³/mol. The fourth-order valence-corrected chi connectivity index (χ4v) is 2.89. The average molecular weight is 315 g/mol. The van der Waals surface area contributed by atoms with Crippen molar-refractivity contribution in [3.05, 3.63) is 22.8 Å². The fourth-order valence-electron chi connectivity index (χ4n) is 1.74. The number of aromatic nitrogens is 1. The summed E-state index contributed by atoms with van der Waals surface area (Å²) in [5.41, 5.74) is 0. The first-order chi connectivity index (χ1) is 8.06. The number of thioether (sulfide) groups is 1. The van der Waals surface area contributed by atoms with Crippen LogP contribution >= 0.6 is 27.7 Å². The van der Waals surface area contributed by atoms with E-state index in [1.807, 2.05) is 6.07 Å². The first-order valence-corrected chi connectivity index (χ1v) is 6.82. The summed E-state index contributed by atoms with van der Waals surface area (Å²) in [6.07, 6.45) is 2.07. The minimum absolute atomic E-state index is 0.0265. The van der Waals surface area contributed by atoms with E-state index < -0.39 is 0 Å². The molecule has 2 heterocycles. The van der Waals surface area contributed by atoms with Gasteiger partial charge in [-0.25, -0.2) is 4.98 Å². The van der Waals surface area contributed by atoms with Crippen molar-refractivity contribution in [3.63, 3.8) is 0 Å². The van der Waals surface area contributed by atoms with E-state index in [9.17, 15) is 9.59 Å². The van der Waals surface area contributed by atoms with Gasteiger partial charge in [0.15, 0.2) is 5.12 Å². The summed E-state index contributed by atoms with van der Waals surface area (Å²) in [6, 6.07) is 3.64. The van der Waals surface area contributed by atoms with Crippen molar-refractivity contribution in [1.82, 2.24) is 4.98 Å². The zero-order valence-corrected chi connectivity index (χ0v) is 11.6. The second kappa shape index (κ2) is 5.18. The molecule has 0 radical (unpaired) electrons. The largest absolute Gasteiger partial charge is 0.296 e. The Hall–Kier alpha value is -0.880. The predicted octanol–water partition coefficient (Wildman–Crippen LogP) is 2.23. The number of carbonyl (C=O) groups is 2. The lowest BCUT2D eigenvalue weighted by Crippen LogP contribution is -2.25. The second-order valence-electron chi connectivity index (χ2n) is 3.77. The van der Waals surface area contributed by atoms with Crippen molar-refractivity contribution >= 4 is 44.5 Å². The van der Waals surface area contributed by atoms with Gasteiger partial charge in [0.2, 0.25) is 5.91 Å². The van der Waals surface area contributed by atoms with Crippen molar-refractivity contribution in [3.8, 4) is 0 Å². The highest BCUT2D eigenvalue weighted by atomic mass is 79.9. The molecule has 1 unspecified atom stereocenters. The van der Waals surface area contributed by atoms with Crippen LogP contribution in [0, 0.1) is 0 Å². The number of pyridine rings is 1. The molecule has 1 atom stereocenters. The lowest BCUT2D eigenvalue weighted by molar-refractivity contribution is -0.117. The summed E-state index contributed by atoms with van der Waals surface area (Å²) in [5, 5.41) is 0.0962. The first-order valence-electron chi connectivity index (χ1n) is 5.15. The van der Waals surface area contributed by atoms with Gasteiger partial charge in [-0.15, -0.1) is 0 Å². The molecule has 4 nitrogen and oxygen atoms in total. The van der Waals surface area contributed by atoms with Gasteiger partial charge in [-0.2, -0.15) is 0 Å². The summed E-state index contributed by atoms with van der Waals surface area (Å²) in [7, 11) is 0. The smallest absolute Gasteiger partial charge is 0.229 e. The van der Waals surface area contributed by atoms with E-state index in [1.54, 1.807) is 17.2 Å². The topological polar surface area (TPSA) is 50.3 Å². The molecule has 0 aromatic carbocycles. The van der Waals surface area contributed by atoms with E-state index in [0.717, 1.165) is 4.47 Å². The maximum absolute atomic E-state index is 11.8. The SMILES string of the molecule is CC(=O)SC1CC(=O)N(c2ccc(Br)cn2)C1. The molecule has 6 heteroatoms. The summed E-state index contributed by atoms with van der Waals surface area (Å²) >= 11 is 4.53. The van der Waals surface area contributed by atoms with Gasteiger partial charge in [0.1, 0.15) is 5.82 Å². The molecule has 1 aromatic heterocycles. The molecule has 1 aromatic rings. The van der Waals surface area contributed by atoms with Crippen LogP contribution in [0.15, 0.2) is 22.8 Å². The third kappa shape index (κ3) is 3.07. The maximum atomic E-state index is 11.8. The summed E-state index contributed by atoms with van der Waals surface area (Å²) in [5.74, 6) is 0.670. The Labute approximate surface area is 112 Å². The highest BCUT2D eigenvalue weighted by molar-refractivity contribution is 9.10. The normalized spacial score (nSPS) is 19.8. The number of amides is 1. The van der Waals surface area contributed by atoms with Gasteiger partial charge >= 0.3 is 0 Å². The highest BCUT2D eigenvalue weighted by Crippen LogP contribution is 2.27. The van der Waals surface area contributed by atoms with Gasteiger partial charge in [-0.1, -0.05) is 11.8 Å². The second-order valence-corrected chi connectivity index (χ2v) is 6.17. The number of rotatable bonds is 2. The van der Waals surface area contributed by atoms with Crippen LogP contribution in [0.5, 0.6) is 0 Å². The number of halogens is 1. The zero-order valence-electron chi connectivity index (χ0n) is 9.22. The van der Waals surface area contributed by atoms with Crippen molar-refractivity contribution in [2.24, 2.45) is 0 Å². The van der Waals surface area contributed by atoms with Crippen molar-refractivity contribution in [2.75, 3.05) is 11.4 Å². The molecule has 90 valence electrons. The molecule has 1 saturated heterocycles. The summed E-state index contributed by atoms with van der Waals surface area (Å²) in [6.45, 7) is 2.08. The van der Waals surface area contributed by atoms with Crippen molar-refractivity contribution in [2.45, 2.75) is 18.6 Å². The van der Waals surface area contributed by atoms with Gasteiger partial charge in [0.05, 0.1) is 0 Å². The standard InChI is InChI=1S/C11H11BrN2O2S/c1-7(15)17-9-4-11(16)14(6-9)10-3-2-8(12)5-13-10/h2-3,5,9H,4,6H2,1H3. The van der Waals surface area contributed by atoms with Crippen LogP contribution in [0.1, 0.15) is 13.3 Å². The monoisotopic (exact) mass is 314 g/mol. The quantitative estimate of drug-likeness (QED) is 0.840. The van der Waals surface area contributed by atoms with E-state index in [-0.39, 0.29) is 16.3 Å². The molecule has 17 heavy (non-hydrogen) atoms. The molecule has 1 aliphatic heterocycles. The Kier molecular flexibility index (Phi) is 3.83. The molecular formula is C11H11BrN2O2S. The van der Waals surface area contributed by atoms with E-state index in [4.69, 9.17) is 0 Å². The number of nitrogens with zero attached hydrogens (tertiary/aromatic N) is 2. The molecule has 0 saturated carbocycles. The highest BCUT2D eigenvalue weighted by Gasteiger charge is 2.32. The molecule has 0 N–H and O–H groups in total. The Balaban J connectivity index is 2.10. The summed E-state index contributed by atoms with van der Waals surface area (Å²) in [4.78, 5) is 28.6. The molecule has 1 aliphatic rings. The molecular weight excluding hydrogens is 304 g/mol. The van der Waals surface area contributed by atoms with Gasteiger partial charge in [0, 0.05) is 35.8 Å². The average Bonchev–Trinajstić information content (AvgIpc) is 2.59. The van der Waals surface area contributed by atoms with Crippen LogP contribution in [0.4, 0.5) is 5.82 Å². The van der Waals surface area contributed by atoms with E-state index in [0.29, 0.717) is 18.8 Å². The fraction of sp³-hybridized carbons (Fsp3) is 0.364. The Morgan fingerprint density at radius 1 is 1.59 bits per heavy atom. The third-order valence-corrected chi connectivity index (χ3v) is 3.86. The zero-order chi connectivity index (χ0) is 12.4. The van der Waals surface area contributed by atoms with Crippen LogP contribution in [-0.4, -0.2) is 27.8 Å². The molecule has 0 aliphatic carbocycles. The lowest BCUT2D eigenvalue weighted by atomic mass is 10.4. The Morgan fingerprint density at radius 2 is 2.35 bits per heavy atom. The maximum Gasteiger partial charge on any atom is 0.229 e. The number of hydrogen-bond donors (Lipinski definition) is 0. The Bertz CT molecular complexity index is 449. The van der Waals surface area contributed by atoms with Crippen molar-refractivity contribution in [1.29, 1.82) is 0 Å². The number of carbonyl (C=O) groups excluding carboxylic acids is 2. The first kappa shape index (κ1) is 12.6.